The van der Waals surface area contributed by atoms with Crippen LogP contribution in [0.1, 0.15) is 55.7 Å². The number of fused-ring (bicyclic) bond motifs is 3. The lowest BCUT2D eigenvalue weighted by Crippen LogP contribution is -2.48. The molecule has 30 heavy (non-hydrogen) atoms. The maximum atomic E-state index is 13.5. The molecular weight excluding hydrogens is 376 g/mol. The first kappa shape index (κ1) is 18.7. The Morgan fingerprint density at radius 2 is 2.00 bits per heavy atom. The topological polar surface area (TPSA) is 76.9 Å². The quantitative estimate of drug-likeness (QED) is 0.726. The Balaban J connectivity index is 1.64. The van der Waals surface area contributed by atoms with Crippen molar-refractivity contribution in [1.82, 2.24) is 19.9 Å². The molecule has 0 fully saturated rings. The van der Waals surface area contributed by atoms with Gasteiger partial charge in [0, 0.05) is 12.6 Å². The molecule has 0 bridgehead atoms. The Labute approximate surface area is 174 Å². The van der Waals surface area contributed by atoms with Crippen molar-refractivity contribution >= 4 is 22.5 Å². The summed E-state index contributed by atoms with van der Waals surface area (Å²) in [6.07, 6.45) is 5.85. The van der Waals surface area contributed by atoms with Crippen LogP contribution in [0, 0.1) is 5.92 Å². The Hall–Kier alpha value is -3.28. The van der Waals surface area contributed by atoms with E-state index in [9.17, 15) is 9.59 Å². The number of rotatable bonds is 4. The molecular formula is C24H24N4O2. The molecule has 2 atom stereocenters. The van der Waals surface area contributed by atoms with E-state index in [4.69, 9.17) is 4.98 Å². The van der Waals surface area contributed by atoms with E-state index < -0.39 is 6.04 Å². The lowest BCUT2D eigenvalue weighted by atomic mass is 9.95. The van der Waals surface area contributed by atoms with Gasteiger partial charge >= 0.3 is 0 Å². The van der Waals surface area contributed by atoms with Gasteiger partial charge in [0.05, 0.1) is 11.4 Å². The highest BCUT2D eigenvalue weighted by Gasteiger charge is 2.37. The Morgan fingerprint density at radius 1 is 1.17 bits per heavy atom. The molecule has 1 aliphatic heterocycles. The van der Waals surface area contributed by atoms with Gasteiger partial charge in [0.1, 0.15) is 11.9 Å². The van der Waals surface area contributed by atoms with Gasteiger partial charge in [0.15, 0.2) is 5.65 Å². The van der Waals surface area contributed by atoms with Crippen LogP contribution in [0.15, 0.2) is 53.5 Å². The fourth-order valence-electron chi connectivity index (χ4n) is 4.62. The molecule has 1 N–H and O–H groups in total. The summed E-state index contributed by atoms with van der Waals surface area (Å²) in [5.74, 6) is 0.836. The van der Waals surface area contributed by atoms with Crippen molar-refractivity contribution in [1.29, 1.82) is 0 Å². The average Bonchev–Trinajstić information content (AvgIpc) is 3.14. The molecule has 6 heteroatoms. The normalized spacial score (nSPS) is 20.1. The van der Waals surface area contributed by atoms with E-state index in [0.29, 0.717) is 29.2 Å². The van der Waals surface area contributed by atoms with Crippen molar-refractivity contribution in [3.05, 3.63) is 76.0 Å². The molecule has 3 aromatic rings. The van der Waals surface area contributed by atoms with Crippen molar-refractivity contribution in [2.75, 3.05) is 0 Å². The number of amides is 1. The van der Waals surface area contributed by atoms with E-state index in [1.54, 1.807) is 22.9 Å². The van der Waals surface area contributed by atoms with Crippen LogP contribution in [0.2, 0.25) is 0 Å². The van der Waals surface area contributed by atoms with Crippen molar-refractivity contribution in [3.8, 4) is 0 Å². The molecule has 0 spiro atoms. The lowest BCUT2D eigenvalue weighted by molar-refractivity contribution is -0.126. The van der Waals surface area contributed by atoms with Crippen molar-refractivity contribution < 1.29 is 4.79 Å². The zero-order valence-corrected chi connectivity index (χ0v) is 17.1. The monoisotopic (exact) mass is 400 g/mol. The predicted molar refractivity (Wildman–Crippen MR) is 116 cm³/mol. The Bertz CT molecular complexity index is 1240. The second-order valence-electron chi connectivity index (χ2n) is 8.52. The van der Waals surface area contributed by atoms with Crippen LogP contribution in [0.4, 0.5) is 0 Å². The van der Waals surface area contributed by atoms with Gasteiger partial charge in [0.25, 0.3) is 5.56 Å². The molecule has 6 nitrogen and oxygen atoms in total. The highest BCUT2D eigenvalue weighted by Crippen LogP contribution is 2.36. The third-order valence-corrected chi connectivity index (χ3v) is 6.00. The number of benzene rings is 1. The van der Waals surface area contributed by atoms with Gasteiger partial charge in [-0.25, -0.2) is 9.97 Å². The maximum absolute atomic E-state index is 13.5. The number of carbonyl (C=O) groups is 1. The molecule has 152 valence electrons. The Kier molecular flexibility index (Phi) is 4.50. The molecule has 1 aliphatic carbocycles. The minimum atomic E-state index is -0.620. The summed E-state index contributed by atoms with van der Waals surface area (Å²) in [6.45, 7) is 4.19. The number of hydrogen-bond acceptors (Lipinski definition) is 4. The largest absolute Gasteiger partial charge is 0.344 e. The summed E-state index contributed by atoms with van der Waals surface area (Å²) in [4.78, 5) is 35.7. The van der Waals surface area contributed by atoms with E-state index in [2.05, 4.69) is 42.4 Å². The summed E-state index contributed by atoms with van der Waals surface area (Å²) in [7, 11) is 0. The molecule has 2 aliphatic rings. The molecule has 1 aromatic carbocycles. The number of nitrogens with zero attached hydrogens (tertiary/aromatic N) is 3. The molecule has 0 radical (unpaired) electrons. The SMILES string of the molecule is CC(C)C[C@@H]1NC(=O)[C@@H](CC2=CCc3ccccc32)n2c1nc1ncccc1c2=O. The second kappa shape index (κ2) is 7.20. The predicted octanol–water partition coefficient (Wildman–Crippen LogP) is 3.58. The summed E-state index contributed by atoms with van der Waals surface area (Å²) in [5.41, 5.74) is 3.78. The summed E-state index contributed by atoms with van der Waals surface area (Å²) < 4.78 is 1.62. The minimum Gasteiger partial charge on any atom is -0.344 e. The van der Waals surface area contributed by atoms with Gasteiger partial charge in [-0.2, -0.15) is 0 Å². The van der Waals surface area contributed by atoms with Crippen molar-refractivity contribution in [3.63, 3.8) is 0 Å². The first-order valence-electron chi connectivity index (χ1n) is 10.5. The maximum Gasteiger partial charge on any atom is 0.263 e. The van der Waals surface area contributed by atoms with Crippen LogP contribution in [-0.2, 0) is 11.2 Å². The minimum absolute atomic E-state index is 0.120. The number of carbonyl (C=O) groups excluding carboxylic acids is 1. The first-order valence-corrected chi connectivity index (χ1v) is 10.5. The van der Waals surface area contributed by atoms with E-state index in [1.807, 2.05) is 12.1 Å². The van der Waals surface area contributed by atoms with Crippen LogP contribution in [0.25, 0.3) is 16.6 Å². The smallest absolute Gasteiger partial charge is 0.263 e. The van der Waals surface area contributed by atoms with Crippen molar-refractivity contribution in [2.45, 2.75) is 45.2 Å². The van der Waals surface area contributed by atoms with Crippen molar-refractivity contribution in [2.24, 2.45) is 5.92 Å². The van der Waals surface area contributed by atoms with Gasteiger partial charge in [-0.05, 0) is 47.6 Å². The third kappa shape index (κ3) is 3.03. The third-order valence-electron chi connectivity index (χ3n) is 6.00. The second-order valence-corrected chi connectivity index (χ2v) is 8.52. The molecule has 1 amide bonds. The van der Waals surface area contributed by atoms with Crippen LogP contribution in [0.5, 0.6) is 0 Å². The van der Waals surface area contributed by atoms with Crippen LogP contribution in [0.3, 0.4) is 0 Å². The summed E-state index contributed by atoms with van der Waals surface area (Å²) >= 11 is 0. The zero-order chi connectivity index (χ0) is 20.8. The number of nitrogens with one attached hydrogen (secondary N) is 1. The molecule has 0 saturated heterocycles. The highest BCUT2D eigenvalue weighted by molar-refractivity contribution is 5.86. The number of pyridine rings is 1. The van der Waals surface area contributed by atoms with Gasteiger partial charge in [0.2, 0.25) is 5.91 Å². The standard InChI is InChI=1S/C24H24N4O2/c1-14(2)12-19-22-27-21-18(8-5-11-25-21)24(30)28(22)20(23(29)26-19)13-16-10-9-15-6-3-4-7-17(15)16/h3-8,10-11,14,19-20H,9,12-13H2,1-2H3,(H,26,29)/t19-,20+/m0/s1. The average molecular weight is 400 g/mol. The lowest BCUT2D eigenvalue weighted by Gasteiger charge is -2.33. The van der Waals surface area contributed by atoms with E-state index >= 15 is 0 Å². The zero-order valence-electron chi connectivity index (χ0n) is 17.1. The molecule has 3 heterocycles. The summed E-state index contributed by atoms with van der Waals surface area (Å²) in [5, 5.41) is 3.58. The number of hydrogen-bond donors (Lipinski definition) is 1. The van der Waals surface area contributed by atoms with Gasteiger partial charge < -0.3 is 5.32 Å². The van der Waals surface area contributed by atoms with Gasteiger partial charge in [-0.1, -0.05) is 44.2 Å². The summed E-state index contributed by atoms with van der Waals surface area (Å²) in [6, 6.07) is 10.8. The van der Waals surface area contributed by atoms with Gasteiger partial charge in [-0.3, -0.25) is 14.2 Å². The molecule has 0 saturated carbocycles. The van der Waals surface area contributed by atoms with E-state index in [0.717, 1.165) is 18.4 Å². The van der Waals surface area contributed by atoms with Crippen LogP contribution < -0.4 is 10.9 Å². The molecule has 5 rings (SSSR count). The van der Waals surface area contributed by atoms with E-state index in [1.165, 1.54) is 11.1 Å². The number of aromatic nitrogens is 3. The molecule has 0 unspecified atom stereocenters. The first-order chi connectivity index (χ1) is 14.5. The van der Waals surface area contributed by atoms with Crippen LogP contribution in [-0.4, -0.2) is 20.4 Å². The molecule has 2 aromatic heterocycles. The fourth-order valence-corrected chi connectivity index (χ4v) is 4.62. The number of allylic oxidation sites excluding steroid dienone is 2. The Morgan fingerprint density at radius 3 is 2.83 bits per heavy atom. The van der Waals surface area contributed by atoms with Crippen LogP contribution >= 0.6 is 0 Å². The fraction of sp³-hybridized carbons (Fsp3) is 0.333. The van der Waals surface area contributed by atoms with E-state index in [-0.39, 0.29) is 17.5 Å². The highest BCUT2D eigenvalue weighted by atomic mass is 16.2. The van der Waals surface area contributed by atoms with Gasteiger partial charge in [-0.15, -0.1) is 0 Å².